The molecule has 0 saturated carbocycles. The van der Waals surface area contributed by atoms with Crippen molar-refractivity contribution in [3.8, 4) is 11.5 Å². The van der Waals surface area contributed by atoms with Gasteiger partial charge in [-0.25, -0.2) is 0 Å². The molecule has 0 saturated heterocycles. The Labute approximate surface area is 143 Å². The minimum atomic E-state index is -0.00722. The predicted octanol–water partition coefficient (Wildman–Crippen LogP) is 3.16. The van der Waals surface area contributed by atoms with E-state index >= 15 is 0 Å². The average Bonchev–Trinajstić information content (AvgIpc) is 2.61. The SMILES string of the molecule is CCOc1ccccc1NCC(=O)N(C)Cc1ccccc1OC. The van der Waals surface area contributed by atoms with Crippen LogP contribution in [0.2, 0.25) is 0 Å². The zero-order valence-electron chi connectivity index (χ0n) is 14.4. The van der Waals surface area contributed by atoms with E-state index in [0.29, 0.717) is 13.2 Å². The van der Waals surface area contributed by atoms with Gasteiger partial charge < -0.3 is 19.7 Å². The van der Waals surface area contributed by atoms with Gasteiger partial charge in [-0.1, -0.05) is 30.3 Å². The molecular weight excluding hydrogens is 304 g/mol. The number of carbonyl (C=O) groups is 1. The second-order valence-electron chi connectivity index (χ2n) is 5.34. The van der Waals surface area contributed by atoms with E-state index < -0.39 is 0 Å². The number of nitrogens with one attached hydrogen (secondary N) is 1. The van der Waals surface area contributed by atoms with Gasteiger partial charge in [0.1, 0.15) is 11.5 Å². The van der Waals surface area contributed by atoms with Gasteiger partial charge in [-0.2, -0.15) is 0 Å². The third-order valence-electron chi connectivity index (χ3n) is 3.64. The van der Waals surface area contributed by atoms with Crippen LogP contribution in [-0.2, 0) is 11.3 Å². The zero-order chi connectivity index (χ0) is 17.4. The summed E-state index contributed by atoms with van der Waals surface area (Å²) in [7, 11) is 3.41. The quantitative estimate of drug-likeness (QED) is 0.809. The van der Waals surface area contributed by atoms with Gasteiger partial charge in [0.15, 0.2) is 0 Å². The highest BCUT2D eigenvalue weighted by molar-refractivity contribution is 5.81. The Kier molecular flexibility index (Phi) is 6.49. The van der Waals surface area contributed by atoms with Crippen molar-refractivity contribution >= 4 is 11.6 Å². The fourth-order valence-corrected chi connectivity index (χ4v) is 2.38. The summed E-state index contributed by atoms with van der Waals surface area (Å²) in [6, 6.07) is 15.3. The number of benzene rings is 2. The molecule has 2 rings (SSSR count). The van der Waals surface area contributed by atoms with Crippen molar-refractivity contribution in [2.24, 2.45) is 0 Å². The molecule has 0 radical (unpaired) electrons. The minimum absolute atomic E-state index is 0.00722. The number of para-hydroxylation sites is 3. The van der Waals surface area contributed by atoms with Crippen molar-refractivity contribution < 1.29 is 14.3 Å². The van der Waals surface area contributed by atoms with Crippen LogP contribution in [0, 0.1) is 0 Å². The van der Waals surface area contributed by atoms with Gasteiger partial charge in [-0.15, -0.1) is 0 Å². The molecule has 5 nitrogen and oxygen atoms in total. The summed E-state index contributed by atoms with van der Waals surface area (Å²) in [4.78, 5) is 14.0. The van der Waals surface area contributed by atoms with E-state index in [9.17, 15) is 4.79 Å². The van der Waals surface area contributed by atoms with E-state index in [1.54, 1.807) is 19.1 Å². The van der Waals surface area contributed by atoms with Gasteiger partial charge in [-0.3, -0.25) is 4.79 Å². The number of likely N-dealkylation sites (N-methyl/N-ethyl adjacent to an activating group) is 1. The number of nitrogens with zero attached hydrogens (tertiary/aromatic N) is 1. The molecule has 1 N–H and O–H groups in total. The summed E-state index contributed by atoms with van der Waals surface area (Å²) in [6.07, 6.45) is 0. The lowest BCUT2D eigenvalue weighted by Crippen LogP contribution is -2.32. The highest BCUT2D eigenvalue weighted by Crippen LogP contribution is 2.23. The molecule has 0 fully saturated rings. The first kappa shape index (κ1) is 17.7. The maximum absolute atomic E-state index is 12.4. The molecule has 0 heterocycles. The molecule has 0 aliphatic heterocycles. The van der Waals surface area contributed by atoms with Crippen molar-refractivity contribution in [2.75, 3.05) is 32.6 Å². The van der Waals surface area contributed by atoms with Crippen molar-refractivity contribution in [3.05, 3.63) is 54.1 Å². The first-order valence-electron chi connectivity index (χ1n) is 7.97. The Bertz CT molecular complexity index is 673. The van der Waals surface area contributed by atoms with Crippen LogP contribution >= 0.6 is 0 Å². The Balaban J connectivity index is 1.95. The topological polar surface area (TPSA) is 50.8 Å². The van der Waals surface area contributed by atoms with Crippen molar-refractivity contribution in [3.63, 3.8) is 0 Å². The van der Waals surface area contributed by atoms with Crippen molar-refractivity contribution in [2.45, 2.75) is 13.5 Å². The van der Waals surface area contributed by atoms with Crippen LogP contribution in [-0.4, -0.2) is 38.1 Å². The Morgan fingerprint density at radius 3 is 2.46 bits per heavy atom. The van der Waals surface area contributed by atoms with E-state index in [1.165, 1.54) is 0 Å². The second-order valence-corrected chi connectivity index (χ2v) is 5.34. The number of hydrogen-bond acceptors (Lipinski definition) is 4. The first-order valence-corrected chi connectivity index (χ1v) is 7.97. The lowest BCUT2D eigenvalue weighted by Gasteiger charge is -2.20. The summed E-state index contributed by atoms with van der Waals surface area (Å²) in [5.74, 6) is 1.53. The van der Waals surface area contributed by atoms with E-state index in [0.717, 1.165) is 22.7 Å². The second kappa shape index (κ2) is 8.82. The largest absolute Gasteiger partial charge is 0.496 e. The maximum atomic E-state index is 12.4. The van der Waals surface area contributed by atoms with E-state index in [-0.39, 0.29) is 12.5 Å². The summed E-state index contributed by atoms with van der Waals surface area (Å²) < 4.78 is 10.9. The van der Waals surface area contributed by atoms with Crippen LogP contribution in [0.1, 0.15) is 12.5 Å². The fraction of sp³-hybridized carbons (Fsp3) is 0.316. The smallest absolute Gasteiger partial charge is 0.241 e. The van der Waals surface area contributed by atoms with Gasteiger partial charge in [0.25, 0.3) is 0 Å². The highest BCUT2D eigenvalue weighted by atomic mass is 16.5. The van der Waals surface area contributed by atoms with Gasteiger partial charge in [0, 0.05) is 19.2 Å². The molecule has 5 heteroatoms. The molecule has 0 aliphatic carbocycles. The van der Waals surface area contributed by atoms with E-state index in [4.69, 9.17) is 9.47 Å². The fourth-order valence-electron chi connectivity index (χ4n) is 2.38. The lowest BCUT2D eigenvalue weighted by atomic mass is 10.2. The molecular formula is C19H24N2O3. The van der Waals surface area contributed by atoms with Crippen LogP contribution in [0.5, 0.6) is 11.5 Å². The van der Waals surface area contributed by atoms with Crippen LogP contribution in [0.25, 0.3) is 0 Å². The standard InChI is InChI=1S/C19H24N2O3/c1-4-24-18-12-8-6-10-16(18)20-13-19(22)21(2)14-15-9-5-7-11-17(15)23-3/h5-12,20H,4,13-14H2,1-3H3. The number of ether oxygens (including phenoxy) is 2. The molecule has 1 amide bonds. The molecule has 24 heavy (non-hydrogen) atoms. The van der Waals surface area contributed by atoms with Gasteiger partial charge in [0.2, 0.25) is 5.91 Å². The van der Waals surface area contributed by atoms with E-state index in [1.807, 2.05) is 55.5 Å². The summed E-state index contributed by atoms with van der Waals surface area (Å²) in [5.41, 5.74) is 1.80. The third-order valence-corrected chi connectivity index (χ3v) is 3.64. The van der Waals surface area contributed by atoms with Gasteiger partial charge >= 0.3 is 0 Å². The van der Waals surface area contributed by atoms with E-state index in [2.05, 4.69) is 5.32 Å². The molecule has 0 bridgehead atoms. The number of methoxy groups -OCH3 is 1. The Hall–Kier alpha value is -2.69. The van der Waals surface area contributed by atoms with Crippen LogP contribution in [0.15, 0.2) is 48.5 Å². The summed E-state index contributed by atoms with van der Waals surface area (Å²) in [6.45, 7) is 3.22. The highest BCUT2D eigenvalue weighted by Gasteiger charge is 2.12. The summed E-state index contributed by atoms with van der Waals surface area (Å²) >= 11 is 0. The van der Waals surface area contributed by atoms with Crippen LogP contribution in [0.4, 0.5) is 5.69 Å². The molecule has 0 atom stereocenters. The average molecular weight is 328 g/mol. The molecule has 0 spiro atoms. The first-order chi connectivity index (χ1) is 11.7. The molecule has 2 aromatic rings. The third kappa shape index (κ3) is 4.65. The number of hydrogen-bond donors (Lipinski definition) is 1. The monoisotopic (exact) mass is 328 g/mol. The molecule has 0 aromatic heterocycles. The minimum Gasteiger partial charge on any atom is -0.496 e. The number of rotatable bonds is 8. The van der Waals surface area contributed by atoms with Crippen molar-refractivity contribution in [1.29, 1.82) is 0 Å². The van der Waals surface area contributed by atoms with Crippen molar-refractivity contribution in [1.82, 2.24) is 4.90 Å². The van der Waals surface area contributed by atoms with Gasteiger partial charge in [0.05, 0.1) is 25.9 Å². The van der Waals surface area contributed by atoms with Gasteiger partial charge in [-0.05, 0) is 25.1 Å². The number of anilines is 1. The van der Waals surface area contributed by atoms with Crippen LogP contribution < -0.4 is 14.8 Å². The number of amides is 1. The maximum Gasteiger partial charge on any atom is 0.241 e. The normalized spacial score (nSPS) is 10.1. The molecule has 2 aromatic carbocycles. The molecule has 128 valence electrons. The summed E-state index contributed by atoms with van der Waals surface area (Å²) in [5, 5.41) is 3.15. The molecule has 0 aliphatic rings. The Morgan fingerprint density at radius 2 is 1.75 bits per heavy atom. The lowest BCUT2D eigenvalue weighted by molar-refractivity contribution is -0.128. The Morgan fingerprint density at radius 1 is 1.08 bits per heavy atom. The predicted molar refractivity (Wildman–Crippen MR) is 95.6 cm³/mol. The zero-order valence-corrected chi connectivity index (χ0v) is 14.4. The van der Waals surface area contributed by atoms with Crippen LogP contribution in [0.3, 0.4) is 0 Å². The molecule has 0 unspecified atom stereocenters. The number of carbonyl (C=O) groups excluding carboxylic acids is 1.